The van der Waals surface area contributed by atoms with Crippen LogP contribution in [0.1, 0.15) is 29.0 Å². The molecule has 110 valence electrons. The number of nitrogens with zero attached hydrogens (tertiary/aromatic N) is 5. The van der Waals surface area contributed by atoms with Gasteiger partial charge in [0.1, 0.15) is 0 Å². The van der Waals surface area contributed by atoms with E-state index in [-0.39, 0.29) is 5.91 Å². The van der Waals surface area contributed by atoms with E-state index in [9.17, 15) is 4.79 Å². The van der Waals surface area contributed by atoms with Gasteiger partial charge in [0.25, 0.3) is 5.91 Å². The number of aryl methyl sites for hydroxylation is 1. The first-order chi connectivity index (χ1) is 10.2. The van der Waals surface area contributed by atoms with Crippen molar-refractivity contribution in [2.24, 2.45) is 0 Å². The summed E-state index contributed by atoms with van der Waals surface area (Å²) in [6.07, 6.45) is 3.71. The maximum Gasteiger partial charge on any atom is 0.254 e. The lowest BCUT2D eigenvalue weighted by Crippen LogP contribution is -2.26. The van der Waals surface area contributed by atoms with E-state index >= 15 is 0 Å². The van der Waals surface area contributed by atoms with Gasteiger partial charge in [-0.05, 0) is 30.2 Å². The number of unbranched alkanes of at least 4 members (excludes halogenated alkanes) is 1. The van der Waals surface area contributed by atoms with Gasteiger partial charge in [0, 0.05) is 12.6 Å². The molecule has 1 heterocycles. The van der Waals surface area contributed by atoms with E-state index < -0.39 is 0 Å². The van der Waals surface area contributed by atoms with Crippen molar-refractivity contribution in [3.05, 3.63) is 54.4 Å². The number of hydrogen-bond donors (Lipinski definition) is 0. The van der Waals surface area contributed by atoms with E-state index in [1.165, 1.54) is 0 Å². The van der Waals surface area contributed by atoms with E-state index in [1.807, 2.05) is 24.3 Å². The Morgan fingerprint density at radius 1 is 1.38 bits per heavy atom. The summed E-state index contributed by atoms with van der Waals surface area (Å²) in [7, 11) is 1.73. The molecule has 2 rings (SSSR count). The highest BCUT2D eigenvalue weighted by atomic mass is 16.2. The maximum absolute atomic E-state index is 12.2. The third-order valence-corrected chi connectivity index (χ3v) is 3.01. The number of rotatable bonds is 7. The van der Waals surface area contributed by atoms with E-state index in [0.717, 1.165) is 12.8 Å². The Balaban J connectivity index is 1.92. The zero-order valence-electron chi connectivity index (χ0n) is 12.1. The van der Waals surface area contributed by atoms with Gasteiger partial charge in [-0.3, -0.25) is 4.79 Å². The molecule has 0 aliphatic carbocycles. The first kappa shape index (κ1) is 14.9. The van der Waals surface area contributed by atoms with Crippen LogP contribution in [0.5, 0.6) is 0 Å². The number of tetrazole rings is 1. The lowest BCUT2D eigenvalue weighted by atomic mass is 10.2. The fourth-order valence-electron chi connectivity index (χ4n) is 1.90. The number of hydrogen-bond acceptors (Lipinski definition) is 4. The highest BCUT2D eigenvalue weighted by Gasteiger charge is 2.14. The minimum atomic E-state index is -0.0568. The fraction of sp³-hybridized carbons (Fsp3) is 0.333. The van der Waals surface area contributed by atoms with Crippen molar-refractivity contribution in [2.45, 2.75) is 25.9 Å². The summed E-state index contributed by atoms with van der Waals surface area (Å²) in [6.45, 7) is 4.72. The first-order valence-corrected chi connectivity index (χ1v) is 6.89. The van der Waals surface area contributed by atoms with Crippen molar-refractivity contribution in [1.29, 1.82) is 0 Å². The van der Waals surface area contributed by atoms with Gasteiger partial charge < -0.3 is 4.90 Å². The molecule has 0 unspecified atom stereocenters. The van der Waals surface area contributed by atoms with Crippen molar-refractivity contribution < 1.29 is 4.79 Å². The van der Waals surface area contributed by atoms with Crippen LogP contribution in [0.15, 0.2) is 43.0 Å². The van der Waals surface area contributed by atoms with Crippen LogP contribution in [-0.2, 0) is 13.1 Å². The fourth-order valence-corrected chi connectivity index (χ4v) is 1.90. The van der Waals surface area contributed by atoms with Crippen LogP contribution in [0.4, 0.5) is 0 Å². The van der Waals surface area contributed by atoms with Crippen LogP contribution in [0.2, 0.25) is 0 Å². The van der Waals surface area contributed by atoms with Crippen molar-refractivity contribution >= 4 is 5.91 Å². The van der Waals surface area contributed by atoms with Gasteiger partial charge in [-0.15, -0.1) is 16.8 Å². The molecule has 6 heteroatoms. The molecule has 1 aromatic carbocycles. The molecule has 2 aromatic rings. The van der Waals surface area contributed by atoms with Crippen molar-refractivity contribution in [3.8, 4) is 0 Å². The summed E-state index contributed by atoms with van der Waals surface area (Å²) in [5.41, 5.74) is 0.651. The number of carbonyl (C=O) groups is 1. The molecule has 21 heavy (non-hydrogen) atoms. The molecule has 0 N–H and O–H groups in total. The second-order valence-electron chi connectivity index (χ2n) is 4.76. The Kier molecular flexibility index (Phi) is 5.20. The number of aromatic nitrogens is 4. The van der Waals surface area contributed by atoms with Crippen molar-refractivity contribution in [3.63, 3.8) is 0 Å². The Morgan fingerprint density at radius 2 is 2.14 bits per heavy atom. The molecule has 0 saturated carbocycles. The summed E-state index contributed by atoms with van der Waals surface area (Å²) >= 11 is 0. The predicted molar refractivity (Wildman–Crippen MR) is 79.5 cm³/mol. The standard InChI is InChI=1S/C15H19N5O/c1-3-4-8-11-20-17-14(16-18-20)12-19(2)15(21)13-9-6-5-7-10-13/h3,5-7,9-10H,1,4,8,11-12H2,2H3. The lowest BCUT2D eigenvalue weighted by Gasteiger charge is -2.14. The molecule has 1 amide bonds. The average Bonchev–Trinajstić information content (AvgIpc) is 2.95. The highest BCUT2D eigenvalue weighted by Crippen LogP contribution is 2.05. The lowest BCUT2D eigenvalue weighted by molar-refractivity contribution is 0.0781. The molecule has 0 aliphatic rings. The molecule has 0 aliphatic heterocycles. The Labute approximate surface area is 124 Å². The molecule has 0 atom stereocenters. The zero-order chi connectivity index (χ0) is 15.1. The summed E-state index contributed by atoms with van der Waals surface area (Å²) in [4.78, 5) is 15.3. The quantitative estimate of drug-likeness (QED) is 0.576. The molecule has 0 fully saturated rings. The second-order valence-corrected chi connectivity index (χ2v) is 4.76. The molecule has 1 aromatic heterocycles. The maximum atomic E-state index is 12.2. The van der Waals surface area contributed by atoms with Gasteiger partial charge >= 0.3 is 0 Å². The second kappa shape index (κ2) is 7.33. The van der Waals surface area contributed by atoms with Crippen LogP contribution in [0.3, 0.4) is 0 Å². The molecular formula is C15H19N5O. The SMILES string of the molecule is C=CCCCn1nnc(CN(C)C(=O)c2ccccc2)n1. The number of allylic oxidation sites excluding steroid dienone is 1. The van der Waals surface area contributed by atoms with E-state index in [1.54, 1.807) is 28.9 Å². The number of amides is 1. The van der Waals surface area contributed by atoms with E-state index in [0.29, 0.717) is 24.5 Å². The minimum Gasteiger partial charge on any atom is -0.334 e. The Bertz CT molecular complexity index is 593. The van der Waals surface area contributed by atoms with Gasteiger partial charge in [-0.1, -0.05) is 24.3 Å². The van der Waals surface area contributed by atoms with Crippen LogP contribution in [0, 0.1) is 0 Å². The normalized spacial score (nSPS) is 10.3. The van der Waals surface area contributed by atoms with Crippen LogP contribution >= 0.6 is 0 Å². The van der Waals surface area contributed by atoms with Crippen LogP contribution in [0.25, 0.3) is 0 Å². The Hall–Kier alpha value is -2.50. The van der Waals surface area contributed by atoms with Crippen LogP contribution < -0.4 is 0 Å². The van der Waals surface area contributed by atoms with Gasteiger partial charge in [0.05, 0.1) is 13.1 Å². The van der Waals surface area contributed by atoms with Gasteiger partial charge in [0.2, 0.25) is 0 Å². The van der Waals surface area contributed by atoms with Crippen molar-refractivity contribution in [1.82, 2.24) is 25.1 Å². The summed E-state index contributed by atoms with van der Waals surface area (Å²) < 4.78 is 0. The van der Waals surface area contributed by atoms with E-state index in [4.69, 9.17) is 0 Å². The smallest absolute Gasteiger partial charge is 0.254 e. The van der Waals surface area contributed by atoms with E-state index in [2.05, 4.69) is 22.0 Å². The zero-order valence-corrected chi connectivity index (χ0v) is 12.1. The average molecular weight is 285 g/mol. The monoisotopic (exact) mass is 285 g/mol. The van der Waals surface area contributed by atoms with Gasteiger partial charge in [-0.25, -0.2) is 0 Å². The van der Waals surface area contributed by atoms with Crippen LogP contribution in [-0.4, -0.2) is 38.1 Å². The molecule has 0 bridgehead atoms. The molecule has 0 spiro atoms. The number of benzene rings is 1. The van der Waals surface area contributed by atoms with Crippen molar-refractivity contribution in [2.75, 3.05) is 7.05 Å². The third kappa shape index (κ3) is 4.24. The summed E-state index contributed by atoms with van der Waals surface area (Å²) in [5, 5.41) is 12.2. The van der Waals surface area contributed by atoms with Gasteiger partial charge in [-0.2, -0.15) is 4.80 Å². The highest BCUT2D eigenvalue weighted by molar-refractivity contribution is 5.93. The molecular weight excluding hydrogens is 266 g/mol. The molecule has 0 saturated heterocycles. The molecule has 6 nitrogen and oxygen atoms in total. The predicted octanol–water partition coefficient (Wildman–Crippen LogP) is 1.91. The summed E-state index contributed by atoms with van der Waals surface area (Å²) in [5.74, 6) is 0.485. The number of carbonyl (C=O) groups excluding carboxylic acids is 1. The Morgan fingerprint density at radius 3 is 2.86 bits per heavy atom. The largest absolute Gasteiger partial charge is 0.334 e. The molecule has 0 radical (unpaired) electrons. The summed E-state index contributed by atoms with van der Waals surface area (Å²) in [6, 6.07) is 9.15. The topological polar surface area (TPSA) is 63.9 Å². The first-order valence-electron chi connectivity index (χ1n) is 6.89. The van der Waals surface area contributed by atoms with Gasteiger partial charge in [0.15, 0.2) is 5.82 Å². The minimum absolute atomic E-state index is 0.0568. The third-order valence-electron chi connectivity index (χ3n) is 3.01.